The lowest BCUT2D eigenvalue weighted by atomic mass is 9.85. The molecular weight excluding hydrogens is 279 g/mol. The summed E-state index contributed by atoms with van der Waals surface area (Å²) < 4.78 is 0. The highest BCUT2D eigenvalue weighted by Gasteiger charge is 2.15. The van der Waals surface area contributed by atoms with Crippen LogP contribution in [0.15, 0.2) is 18.2 Å². The molecule has 0 amide bonds. The molecule has 0 aliphatic heterocycles. The van der Waals surface area contributed by atoms with E-state index in [-0.39, 0.29) is 5.78 Å². The Morgan fingerprint density at radius 1 is 1.16 bits per heavy atom. The minimum atomic E-state index is 0.287. The van der Waals surface area contributed by atoms with Crippen LogP contribution >= 0.6 is 23.2 Å². The van der Waals surface area contributed by atoms with Gasteiger partial charge in [-0.1, -0.05) is 61.4 Å². The Hall–Kier alpha value is -0.530. The van der Waals surface area contributed by atoms with Crippen LogP contribution in [-0.2, 0) is 11.2 Å². The van der Waals surface area contributed by atoms with Gasteiger partial charge in [0.1, 0.15) is 5.78 Å². The molecule has 0 bridgehead atoms. The number of carbonyl (C=O) groups excluding carboxylic acids is 1. The molecule has 1 aliphatic rings. The van der Waals surface area contributed by atoms with Crippen molar-refractivity contribution in [2.75, 3.05) is 0 Å². The molecule has 3 heteroatoms. The minimum absolute atomic E-state index is 0.287. The number of halogens is 2. The second kappa shape index (κ2) is 7.31. The van der Waals surface area contributed by atoms with Gasteiger partial charge in [0.15, 0.2) is 0 Å². The summed E-state index contributed by atoms with van der Waals surface area (Å²) in [5.74, 6) is 1.05. The summed E-state index contributed by atoms with van der Waals surface area (Å²) in [7, 11) is 0. The Morgan fingerprint density at radius 3 is 2.58 bits per heavy atom. The summed E-state index contributed by atoms with van der Waals surface area (Å²) in [5.41, 5.74) is 0.889. The molecule has 0 atom stereocenters. The van der Waals surface area contributed by atoms with Crippen molar-refractivity contribution in [3.8, 4) is 0 Å². The number of hydrogen-bond acceptors (Lipinski definition) is 1. The Labute approximate surface area is 125 Å². The standard InChI is InChI=1S/C16H20Cl2O/c17-14-8-7-13(16(18)11-14)10-15(19)9-6-12-4-2-1-3-5-12/h7-8,11-12H,1-6,9-10H2. The lowest BCUT2D eigenvalue weighted by Crippen LogP contribution is -2.10. The highest BCUT2D eigenvalue weighted by molar-refractivity contribution is 6.35. The van der Waals surface area contributed by atoms with E-state index in [0.717, 1.165) is 17.9 Å². The first-order valence-corrected chi connectivity index (χ1v) is 7.86. The SMILES string of the molecule is O=C(CCC1CCCCC1)Cc1ccc(Cl)cc1Cl. The molecule has 1 aliphatic carbocycles. The van der Waals surface area contributed by atoms with Gasteiger partial charge in [0.25, 0.3) is 0 Å². The van der Waals surface area contributed by atoms with Crippen LogP contribution in [0.25, 0.3) is 0 Å². The van der Waals surface area contributed by atoms with E-state index in [0.29, 0.717) is 22.9 Å². The fourth-order valence-electron chi connectivity index (χ4n) is 2.81. The summed E-state index contributed by atoms with van der Waals surface area (Å²) >= 11 is 11.9. The van der Waals surface area contributed by atoms with E-state index in [1.54, 1.807) is 12.1 Å². The Kier molecular flexibility index (Phi) is 5.72. The lowest BCUT2D eigenvalue weighted by molar-refractivity contribution is -0.118. The van der Waals surface area contributed by atoms with E-state index in [2.05, 4.69) is 0 Å². The normalized spacial score (nSPS) is 16.5. The second-order valence-electron chi connectivity index (χ2n) is 5.49. The first-order valence-electron chi connectivity index (χ1n) is 7.11. The van der Waals surface area contributed by atoms with E-state index >= 15 is 0 Å². The minimum Gasteiger partial charge on any atom is -0.299 e. The van der Waals surface area contributed by atoms with Gasteiger partial charge in [-0.05, 0) is 30.0 Å². The maximum Gasteiger partial charge on any atom is 0.137 e. The second-order valence-corrected chi connectivity index (χ2v) is 6.34. The molecule has 1 fully saturated rings. The average molecular weight is 299 g/mol. The predicted molar refractivity (Wildman–Crippen MR) is 81.0 cm³/mol. The molecule has 19 heavy (non-hydrogen) atoms. The number of ketones is 1. The summed E-state index contributed by atoms with van der Waals surface area (Å²) in [5, 5.41) is 1.21. The molecule has 0 unspecified atom stereocenters. The molecule has 104 valence electrons. The van der Waals surface area contributed by atoms with Gasteiger partial charge in [0.05, 0.1) is 0 Å². The van der Waals surface area contributed by atoms with Gasteiger partial charge in [0, 0.05) is 22.9 Å². The van der Waals surface area contributed by atoms with Gasteiger partial charge in [-0.3, -0.25) is 4.79 Å². The number of hydrogen-bond donors (Lipinski definition) is 0. The first-order chi connectivity index (χ1) is 9.15. The molecular formula is C16H20Cl2O. The molecule has 0 saturated heterocycles. The molecule has 1 nitrogen and oxygen atoms in total. The molecule has 0 spiro atoms. The van der Waals surface area contributed by atoms with Crippen molar-refractivity contribution in [2.24, 2.45) is 5.92 Å². The van der Waals surface area contributed by atoms with E-state index < -0.39 is 0 Å². The summed E-state index contributed by atoms with van der Waals surface area (Å²) in [6, 6.07) is 5.34. The van der Waals surface area contributed by atoms with Gasteiger partial charge in [-0.2, -0.15) is 0 Å². The van der Waals surface area contributed by atoms with Crippen molar-refractivity contribution in [3.63, 3.8) is 0 Å². The van der Waals surface area contributed by atoms with Gasteiger partial charge in [-0.25, -0.2) is 0 Å². The Morgan fingerprint density at radius 2 is 1.89 bits per heavy atom. The molecule has 1 saturated carbocycles. The van der Waals surface area contributed by atoms with Crippen LogP contribution in [0.4, 0.5) is 0 Å². The van der Waals surface area contributed by atoms with Crippen LogP contribution in [0.2, 0.25) is 10.0 Å². The third-order valence-corrected chi connectivity index (χ3v) is 4.55. The molecule has 0 N–H and O–H groups in total. The van der Waals surface area contributed by atoms with Crippen LogP contribution in [0.5, 0.6) is 0 Å². The lowest BCUT2D eigenvalue weighted by Gasteiger charge is -2.20. The molecule has 0 aromatic heterocycles. The molecule has 1 aromatic carbocycles. The molecule has 2 rings (SSSR count). The first kappa shape index (κ1) is 14.9. The van der Waals surface area contributed by atoms with Crippen LogP contribution in [0.3, 0.4) is 0 Å². The van der Waals surface area contributed by atoms with Crippen molar-refractivity contribution >= 4 is 29.0 Å². The van der Waals surface area contributed by atoms with Crippen molar-refractivity contribution in [1.29, 1.82) is 0 Å². The molecule has 1 aromatic rings. The van der Waals surface area contributed by atoms with Gasteiger partial charge < -0.3 is 0 Å². The van der Waals surface area contributed by atoms with Crippen molar-refractivity contribution < 1.29 is 4.79 Å². The zero-order valence-corrected chi connectivity index (χ0v) is 12.6. The average Bonchev–Trinajstić information content (AvgIpc) is 2.41. The van der Waals surface area contributed by atoms with Gasteiger partial charge in [0.2, 0.25) is 0 Å². The summed E-state index contributed by atoms with van der Waals surface area (Å²) in [6.45, 7) is 0. The molecule has 0 radical (unpaired) electrons. The smallest absolute Gasteiger partial charge is 0.137 e. The predicted octanol–water partition coefficient (Wildman–Crippen LogP) is 5.47. The quantitative estimate of drug-likeness (QED) is 0.705. The fourth-order valence-corrected chi connectivity index (χ4v) is 3.28. The highest BCUT2D eigenvalue weighted by atomic mass is 35.5. The maximum absolute atomic E-state index is 12.0. The molecule has 0 heterocycles. The van der Waals surface area contributed by atoms with E-state index in [1.807, 2.05) is 6.07 Å². The van der Waals surface area contributed by atoms with E-state index in [9.17, 15) is 4.79 Å². The zero-order chi connectivity index (χ0) is 13.7. The number of benzene rings is 1. The van der Waals surface area contributed by atoms with E-state index in [4.69, 9.17) is 23.2 Å². The third kappa shape index (κ3) is 4.81. The number of Topliss-reactive ketones (excluding diaryl/α,β-unsaturated/α-hetero) is 1. The monoisotopic (exact) mass is 298 g/mol. The van der Waals surface area contributed by atoms with E-state index in [1.165, 1.54) is 32.1 Å². The van der Waals surface area contributed by atoms with Gasteiger partial charge >= 0.3 is 0 Å². The van der Waals surface area contributed by atoms with Crippen LogP contribution in [0, 0.1) is 5.92 Å². The Bertz CT molecular complexity index is 436. The van der Waals surface area contributed by atoms with Crippen LogP contribution < -0.4 is 0 Å². The summed E-state index contributed by atoms with van der Waals surface area (Å²) in [4.78, 5) is 12.0. The van der Waals surface area contributed by atoms with Crippen molar-refractivity contribution in [1.82, 2.24) is 0 Å². The fraction of sp³-hybridized carbons (Fsp3) is 0.562. The van der Waals surface area contributed by atoms with Crippen LogP contribution in [-0.4, -0.2) is 5.78 Å². The number of rotatable bonds is 5. The highest BCUT2D eigenvalue weighted by Crippen LogP contribution is 2.28. The summed E-state index contributed by atoms with van der Waals surface area (Å²) in [6.07, 6.45) is 8.80. The Balaban J connectivity index is 1.80. The largest absolute Gasteiger partial charge is 0.299 e. The number of carbonyl (C=O) groups is 1. The zero-order valence-electron chi connectivity index (χ0n) is 11.1. The van der Waals surface area contributed by atoms with Crippen molar-refractivity contribution in [2.45, 2.75) is 51.4 Å². The maximum atomic E-state index is 12.0. The van der Waals surface area contributed by atoms with Gasteiger partial charge in [-0.15, -0.1) is 0 Å². The van der Waals surface area contributed by atoms with Crippen molar-refractivity contribution in [3.05, 3.63) is 33.8 Å². The topological polar surface area (TPSA) is 17.1 Å². The third-order valence-electron chi connectivity index (χ3n) is 3.96. The van der Waals surface area contributed by atoms with Crippen LogP contribution in [0.1, 0.15) is 50.5 Å².